The fraction of sp³-hybridized carbons (Fsp3) is 0.709. The maximum absolute atomic E-state index is 13.1. The number of aliphatic hydroxyl groups excluding tert-OH is 1. The molecule has 3 N–H and O–H groups in total. The third-order valence-electron chi connectivity index (χ3n) is 15.9. The van der Waals surface area contributed by atoms with Gasteiger partial charge in [-0.1, -0.05) is 340 Å². The molecule has 8 nitrogen and oxygen atoms in total. The molecule has 3 atom stereocenters. The molecule has 0 aliphatic rings. The molecule has 0 saturated heterocycles. The Balaban J connectivity index is 4.11. The molecule has 0 radical (unpaired) electrons. The van der Waals surface area contributed by atoms with Gasteiger partial charge >= 0.3 is 7.82 Å². The van der Waals surface area contributed by atoms with Gasteiger partial charge in [-0.15, -0.1) is 0 Å². The van der Waals surface area contributed by atoms with Crippen LogP contribution >= 0.6 is 7.82 Å². The maximum atomic E-state index is 13.1. The summed E-state index contributed by atoms with van der Waals surface area (Å²) < 4.78 is 23.9. The number of phosphoric ester groups is 1. The van der Waals surface area contributed by atoms with Crippen LogP contribution in [-0.4, -0.2) is 73.4 Å². The van der Waals surface area contributed by atoms with E-state index in [0.29, 0.717) is 23.9 Å². The van der Waals surface area contributed by atoms with Crippen LogP contribution in [0.3, 0.4) is 0 Å². The summed E-state index contributed by atoms with van der Waals surface area (Å²) in [6.45, 7) is 4.79. The van der Waals surface area contributed by atoms with Crippen molar-refractivity contribution >= 4 is 13.7 Å². The summed E-state index contributed by atoms with van der Waals surface area (Å²) >= 11 is 0. The fourth-order valence-electron chi connectivity index (χ4n) is 10.3. The number of carbonyl (C=O) groups excluding carboxylic acids is 1. The molecule has 88 heavy (non-hydrogen) atoms. The number of aliphatic hydroxyl groups is 1. The Morgan fingerprint density at radius 2 is 0.682 bits per heavy atom. The summed E-state index contributed by atoms with van der Waals surface area (Å²) in [7, 11) is 1.60. The van der Waals surface area contributed by atoms with Crippen LogP contribution < -0.4 is 5.32 Å². The Kier molecular flexibility index (Phi) is 65.4. The van der Waals surface area contributed by atoms with Crippen molar-refractivity contribution < 1.29 is 32.9 Å². The Morgan fingerprint density at radius 3 is 1.00 bits per heavy atom. The molecule has 3 unspecified atom stereocenters. The second kappa shape index (κ2) is 68.0. The maximum Gasteiger partial charge on any atom is 0.472 e. The Labute approximate surface area is 545 Å². The number of allylic oxidation sites excluding steroid dienone is 22. The van der Waals surface area contributed by atoms with Crippen molar-refractivity contribution in [2.45, 2.75) is 321 Å². The second-order valence-corrected chi connectivity index (χ2v) is 27.0. The van der Waals surface area contributed by atoms with Gasteiger partial charge in [0.2, 0.25) is 5.91 Å². The largest absolute Gasteiger partial charge is 0.472 e. The highest BCUT2D eigenvalue weighted by Crippen LogP contribution is 2.43. The number of nitrogens with one attached hydrogen (secondary N) is 1. The molecule has 1 amide bonds. The van der Waals surface area contributed by atoms with Crippen LogP contribution in [-0.2, 0) is 18.4 Å². The SMILES string of the molecule is CC/C=C\C/C=C\C/C=C\C/C=C\C/C=C\C/C=C\C/C=C\C/C=C\C/C=C\C/C=C\C/C=C\CCCCCCCCCC(=O)NC(COP(=O)(O)OCC[N+](C)(C)C)C(O)CCCCCCCCCCCCCCCCCCCCCCCCCCC. The quantitative estimate of drug-likeness (QED) is 0.0243. The van der Waals surface area contributed by atoms with Crippen LogP contribution in [0, 0.1) is 0 Å². The highest BCUT2D eigenvalue weighted by Gasteiger charge is 2.28. The average Bonchev–Trinajstić information content (AvgIpc) is 3.71. The van der Waals surface area contributed by atoms with Crippen LogP contribution in [0.2, 0.25) is 0 Å². The Bertz CT molecular complexity index is 1900. The lowest BCUT2D eigenvalue weighted by atomic mass is 10.0. The molecule has 0 aliphatic heterocycles. The highest BCUT2D eigenvalue weighted by molar-refractivity contribution is 7.47. The first-order valence-corrected chi connectivity index (χ1v) is 38.0. The topological polar surface area (TPSA) is 105 Å². The van der Waals surface area contributed by atoms with Crippen LogP contribution in [0.4, 0.5) is 0 Å². The van der Waals surface area contributed by atoms with Crippen molar-refractivity contribution in [3.63, 3.8) is 0 Å². The van der Waals surface area contributed by atoms with Crippen LogP contribution in [0.25, 0.3) is 0 Å². The van der Waals surface area contributed by atoms with E-state index in [0.717, 1.165) is 122 Å². The number of unbranched alkanes of at least 4 members (excludes halogenated alkanes) is 31. The lowest BCUT2D eigenvalue weighted by molar-refractivity contribution is -0.870. The van der Waals surface area contributed by atoms with E-state index >= 15 is 0 Å². The van der Waals surface area contributed by atoms with E-state index < -0.39 is 20.0 Å². The molecule has 0 rings (SSSR count). The van der Waals surface area contributed by atoms with E-state index in [2.05, 4.69) is 153 Å². The van der Waals surface area contributed by atoms with E-state index in [9.17, 15) is 19.4 Å². The number of amides is 1. The molecule has 0 aromatic rings. The van der Waals surface area contributed by atoms with Gasteiger partial charge in [-0.25, -0.2) is 4.57 Å². The monoisotopic (exact) mass is 1240 g/mol. The molecule has 0 aromatic carbocycles. The van der Waals surface area contributed by atoms with Crippen LogP contribution in [0.5, 0.6) is 0 Å². The average molecular weight is 1240 g/mol. The first kappa shape index (κ1) is 84.6. The minimum absolute atomic E-state index is 0.0667. The van der Waals surface area contributed by atoms with E-state index in [1.165, 1.54) is 161 Å². The predicted molar refractivity (Wildman–Crippen MR) is 387 cm³/mol. The van der Waals surface area contributed by atoms with Crippen LogP contribution in [0.1, 0.15) is 309 Å². The molecule has 0 bridgehead atoms. The number of quaternary nitrogens is 1. The summed E-state index contributed by atoms with van der Waals surface area (Å²) in [5.74, 6) is -0.157. The molecule has 0 aliphatic carbocycles. The van der Waals surface area contributed by atoms with Crippen LogP contribution in [0.15, 0.2) is 134 Å². The smallest absolute Gasteiger partial charge is 0.391 e. The molecular formula is C79H140N2O6P+. The molecule has 0 spiro atoms. The number of hydrogen-bond donors (Lipinski definition) is 3. The molecule has 0 aromatic heterocycles. The van der Waals surface area contributed by atoms with Gasteiger partial charge in [-0.2, -0.15) is 0 Å². The number of carbonyl (C=O) groups is 1. The van der Waals surface area contributed by atoms with E-state index in [1.54, 1.807) is 0 Å². The van der Waals surface area contributed by atoms with Gasteiger partial charge in [0.15, 0.2) is 0 Å². The Morgan fingerprint density at radius 1 is 0.398 bits per heavy atom. The molecular weight excluding hydrogens is 1100 g/mol. The number of likely N-dealkylation sites (N-methyl/N-ethyl adjacent to an activating group) is 1. The zero-order valence-corrected chi connectivity index (χ0v) is 58.8. The van der Waals surface area contributed by atoms with Gasteiger partial charge in [-0.3, -0.25) is 13.8 Å². The highest BCUT2D eigenvalue weighted by atomic mass is 31.2. The van der Waals surface area contributed by atoms with Gasteiger partial charge in [0.1, 0.15) is 13.2 Å². The summed E-state index contributed by atoms with van der Waals surface area (Å²) in [4.78, 5) is 23.5. The third-order valence-corrected chi connectivity index (χ3v) is 16.9. The van der Waals surface area contributed by atoms with Crippen molar-refractivity contribution in [3.8, 4) is 0 Å². The van der Waals surface area contributed by atoms with E-state index in [4.69, 9.17) is 9.05 Å². The normalized spacial score (nSPS) is 14.4. The van der Waals surface area contributed by atoms with Gasteiger partial charge in [0.05, 0.1) is 39.9 Å². The van der Waals surface area contributed by atoms with Crippen molar-refractivity contribution in [2.24, 2.45) is 0 Å². The fourth-order valence-corrected chi connectivity index (χ4v) is 11.0. The van der Waals surface area contributed by atoms with Crippen molar-refractivity contribution in [1.82, 2.24) is 5.32 Å². The second-order valence-electron chi connectivity index (χ2n) is 25.6. The lowest BCUT2D eigenvalue weighted by Crippen LogP contribution is -2.46. The van der Waals surface area contributed by atoms with Gasteiger partial charge in [0.25, 0.3) is 0 Å². The van der Waals surface area contributed by atoms with Gasteiger partial charge in [0, 0.05) is 6.42 Å². The number of nitrogens with zero attached hydrogens (tertiary/aromatic N) is 1. The minimum Gasteiger partial charge on any atom is -0.391 e. The van der Waals surface area contributed by atoms with Crippen molar-refractivity contribution in [2.75, 3.05) is 40.9 Å². The lowest BCUT2D eigenvalue weighted by Gasteiger charge is -2.26. The standard InChI is InChI=1S/C79H139N2O6P/c1-6-8-10-12-14-16-18-20-22-24-26-28-30-32-33-34-35-36-37-38-39-40-41-42-43-44-45-46-47-49-51-53-55-57-59-61-63-65-67-69-71-73-79(83)80-77(76-87-88(84,85)86-75-74-81(3,4)5)78(82)72-70-68-66-64-62-60-58-56-54-52-50-48-31-29-27-25-23-21-19-17-15-13-11-9-7-2/h8,10,14,16,20,22,26,28,32-33,35-36,38-39,41-42,44-45,47,49,53,55,77-78,82H,6-7,9,11-13,15,17-19,21,23-25,27,29-31,34,37,40,43,46,48,50-52,54,56-76H2,1-5H3,(H-,80,83,84,85)/p+1/b10-8-,16-14-,22-20-,28-26-,33-32-,36-35-,39-38-,42-41-,45-44-,49-47-,55-53-. The molecule has 0 heterocycles. The molecule has 0 saturated carbocycles. The first-order valence-electron chi connectivity index (χ1n) is 36.5. The number of hydrogen-bond acceptors (Lipinski definition) is 5. The van der Waals surface area contributed by atoms with E-state index in [1.807, 2.05) is 21.1 Å². The minimum atomic E-state index is -4.34. The Hall–Kier alpha value is -3.36. The predicted octanol–water partition coefficient (Wildman–Crippen LogP) is 23.8. The molecule has 506 valence electrons. The number of rotatable bonds is 66. The molecule has 9 heteroatoms. The van der Waals surface area contributed by atoms with Crippen molar-refractivity contribution in [3.05, 3.63) is 134 Å². The summed E-state index contributed by atoms with van der Waals surface area (Å²) in [5.41, 5.74) is 0. The van der Waals surface area contributed by atoms with Crippen molar-refractivity contribution in [1.29, 1.82) is 0 Å². The first-order chi connectivity index (χ1) is 43.0. The van der Waals surface area contributed by atoms with E-state index in [-0.39, 0.29) is 19.1 Å². The summed E-state index contributed by atoms with van der Waals surface area (Å²) in [6, 6.07) is -0.778. The van der Waals surface area contributed by atoms with Gasteiger partial charge < -0.3 is 19.8 Å². The zero-order valence-electron chi connectivity index (χ0n) is 57.9. The number of phosphoric acid groups is 1. The third kappa shape index (κ3) is 70.1. The zero-order chi connectivity index (χ0) is 64.1. The van der Waals surface area contributed by atoms with Gasteiger partial charge in [-0.05, 0) is 96.3 Å². The molecule has 0 fully saturated rings. The summed E-state index contributed by atoms with van der Waals surface area (Å²) in [6.07, 6.45) is 103. The summed E-state index contributed by atoms with van der Waals surface area (Å²) in [5, 5.41) is 14.1.